The van der Waals surface area contributed by atoms with Gasteiger partial charge in [0.15, 0.2) is 0 Å². The molecule has 2 unspecified atom stereocenters. The molecule has 2 N–H and O–H groups in total. The van der Waals surface area contributed by atoms with Gasteiger partial charge in [0, 0.05) is 0 Å². The van der Waals surface area contributed by atoms with Crippen molar-refractivity contribution in [3.05, 3.63) is 0 Å². The second-order valence-electron chi connectivity index (χ2n) is 4.03. The van der Waals surface area contributed by atoms with Crippen molar-refractivity contribution >= 4 is 11.9 Å². The number of hydrogen-bond acceptors (Lipinski definition) is 2. The summed E-state index contributed by atoms with van der Waals surface area (Å²) in [6.07, 6.45) is 3.99. The summed E-state index contributed by atoms with van der Waals surface area (Å²) in [7, 11) is 0. The number of rotatable bonds is 0. The van der Waals surface area contributed by atoms with Crippen molar-refractivity contribution in [2.75, 3.05) is 0 Å². The normalized spacial score (nSPS) is 39.0. The van der Waals surface area contributed by atoms with E-state index in [1.807, 2.05) is 6.92 Å². The van der Waals surface area contributed by atoms with E-state index in [2.05, 4.69) is 10.6 Å². The Morgan fingerprint density at radius 3 is 2.69 bits per heavy atom. The molecule has 3 amide bonds. The Morgan fingerprint density at radius 2 is 2.15 bits per heavy atom. The standard InChI is InChI=1S/C9H14N2O2/c1-6-4-2-3-5-9(6)7(12)10-8(13)11-9/h6H,2-5H2,1H3,(H2,10,11,12,13). The number of hydrogen-bond donors (Lipinski definition) is 2. The summed E-state index contributed by atoms with van der Waals surface area (Å²) in [4.78, 5) is 22.6. The zero-order valence-electron chi connectivity index (χ0n) is 7.72. The highest BCUT2D eigenvalue weighted by molar-refractivity contribution is 6.07. The molecule has 0 radical (unpaired) electrons. The van der Waals surface area contributed by atoms with Crippen molar-refractivity contribution in [2.24, 2.45) is 5.92 Å². The van der Waals surface area contributed by atoms with E-state index in [1.54, 1.807) is 0 Å². The van der Waals surface area contributed by atoms with E-state index in [0.717, 1.165) is 25.7 Å². The van der Waals surface area contributed by atoms with Gasteiger partial charge in [-0.1, -0.05) is 19.8 Å². The van der Waals surface area contributed by atoms with Gasteiger partial charge >= 0.3 is 6.03 Å². The number of carbonyl (C=O) groups is 2. The number of urea groups is 1. The topological polar surface area (TPSA) is 58.2 Å². The fourth-order valence-corrected chi connectivity index (χ4v) is 2.38. The van der Waals surface area contributed by atoms with Gasteiger partial charge < -0.3 is 5.32 Å². The van der Waals surface area contributed by atoms with Gasteiger partial charge in [-0.2, -0.15) is 0 Å². The summed E-state index contributed by atoms with van der Waals surface area (Å²) in [5.41, 5.74) is -0.588. The third-order valence-electron chi connectivity index (χ3n) is 3.27. The molecule has 2 fully saturated rings. The number of amides is 3. The molecule has 13 heavy (non-hydrogen) atoms. The smallest absolute Gasteiger partial charge is 0.322 e. The van der Waals surface area contributed by atoms with Crippen LogP contribution in [0.25, 0.3) is 0 Å². The number of imide groups is 1. The maximum atomic E-state index is 11.6. The SMILES string of the molecule is CC1CCCCC12NC(=O)NC2=O. The van der Waals surface area contributed by atoms with Crippen LogP contribution in [0.2, 0.25) is 0 Å². The first-order chi connectivity index (χ1) is 6.15. The van der Waals surface area contributed by atoms with Crippen LogP contribution in [0.1, 0.15) is 32.6 Å². The summed E-state index contributed by atoms with van der Waals surface area (Å²) < 4.78 is 0. The van der Waals surface area contributed by atoms with Crippen molar-refractivity contribution in [3.8, 4) is 0 Å². The van der Waals surface area contributed by atoms with E-state index in [4.69, 9.17) is 0 Å². The van der Waals surface area contributed by atoms with Crippen LogP contribution in [0.3, 0.4) is 0 Å². The summed E-state index contributed by atoms with van der Waals surface area (Å²) in [5.74, 6) is 0.123. The molecule has 1 aliphatic carbocycles. The molecular formula is C9H14N2O2. The first-order valence-corrected chi connectivity index (χ1v) is 4.79. The first-order valence-electron chi connectivity index (χ1n) is 4.79. The van der Waals surface area contributed by atoms with Crippen molar-refractivity contribution in [3.63, 3.8) is 0 Å². The van der Waals surface area contributed by atoms with Gasteiger partial charge in [0.25, 0.3) is 5.91 Å². The molecule has 1 spiro atoms. The molecule has 4 heteroatoms. The van der Waals surface area contributed by atoms with Crippen molar-refractivity contribution in [1.29, 1.82) is 0 Å². The molecule has 1 saturated heterocycles. The molecule has 2 rings (SSSR count). The average Bonchev–Trinajstić information content (AvgIpc) is 2.35. The fourth-order valence-electron chi connectivity index (χ4n) is 2.38. The van der Waals surface area contributed by atoms with Gasteiger partial charge in [0.05, 0.1) is 0 Å². The molecule has 2 aliphatic rings. The molecule has 0 aromatic rings. The molecule has 1 saturated carbocycles. The molecule has 1 heterocycles. The maximum absolute atomic E-state index is 11.6. The fraction of sp³-hybridized carbons (Fsp3) is 0.778. The highest BCUT2D eigenvalue weighted by Crippen LogP contribution is 2.35. The lowest BCUT2D eigenvalue weighted by Gasteiger charge is -2.36. The Hall–Kier alpha value is -1.06. The van der Waals surface area contributed by atoms with Crippen LogP contribution in [0.5, 0.6) is 0 Å². The van der Waals surface area contributed by atoms with E-state index in [-0.39, 0.29) is 17.9 Å². The summed E-state index contributed by atoms with van der Waals surface area (Å²) >= 11 is 0. The van der Waals surface area contributed by atoms with Crippen LogP contribution >= 0.6 is 0 Å². The van der Waals surface area contributed by atoms with E-state index in [0.29, 0.717) is 0 Å². The predicted molar refractivity (Wildman–Crippen MR) is 47.0 cm³/mol. The second-order valence-corrected chi connectivity index (χ2v) is 4.03. The summed E-state index contributed by atoms with van der Waals surface area (Å²) in [6.45, 7) is 2.03. The summed E-state index contributed by atoms with van der Waals surface area (Å²) in [6, 6.07) is -0.334. The van der Waals surface area contributed by atoms with Gasteiger partial charge in [0.2, 0.25) is 0 Å². The quantitative estimate of drug-likeness (QED) is 0.544. The number of carbonyl (C=O) groups excluding carboxylic acids is 2. The van der Waals surface area contributed by atoms with Gasteiger partial charge in [-0.15, -0.1) is 0 Å². The first kappa shape index (κ1) is 8.53. The summed E-state index contributed by atoms with van der Waals surface area (Å²) in [5, 5.41) is 5.09. The Labute approximate surface area is 77.1 Å². The Bertz CT molecular complexity index is 264. The van der Waals surface area contributed by atoms with Crippen LogP contribution in [0.4, 0.5) is 4.79 Å². The third kappa shape index (κ3) is 1.12. The third-order valence-corrected chi connectivity index (χ3v) is 3.27. The predicted octanol–water partition coefficient (Wildman–Crippen LogP) is 0.775. The van der Waals surface area contributed by atoms with Crippen molar-refractivity contribution in [1.82, 2.24) is 10.6 Å². The maximum Gasteiger partial charge on any atom is 0.322 e. The van der Waals surface area contributed by atoms with Gasteiger partial charge in [-0.3, -0.25) is 10.1 Å². The van der Waals surface area contributed by atoms with Crippen LogP contribution in [0.15, 0.2) is 0 Å². The van der Waals surface area contributed by atoms with Crippen LogP contribution in [0, 0.1) is 5.92 Å². The van der Waals surface area contributed by atoms with E-state index < -0.39 is 5.54 Å². The molecule has 1 aliphatic heterocycles. The zero-order valence-corrected chi connectivity index (χ0v) is 7.72. The molecular weight excluding hydrogens is 168 g/mol. The van der Waals surface area contributed by atoms with Crippen LogP contribution < -0.4 is 10.6 Å². The van der Waals surface area contributed by atoms with Gasteiger partial charge in [-0.05, 0) is 18.8 Å². The minimum Gasteiger partial charge on any atom is -0.323 e. The largest absolute Gasteiger partial charge is 0.323 e. The van der Waals surface area contributed by atoms with Gasteiger partial charge in [0.1, 0.15) is 5.54 Å². The zero-order chi connectivity index (χ0) is 9.47. The van der Waals surface area contributed by atoms with E-state index in [1.165, 1.54) is 0 Å². The Morgan fingerprint density at radius 1 is 1.38 bits per heavy atom. The molecule has 2 atom stereocenters. The average molecular weight is 182 g/mol. The Kier molecular flexibility index (Phi) is 1.78. The van der Waals surface area contributed by atoms with E-state index in [9.17, 15) is 9.59 Å². The minimum atomic E-state index is -0.588. The molecule has 0 aromatic heterocycles. The van der Waals surface area contributed by atoms with Crippen LogP contribution in [-0.4, -0.2) is 17.5 Å². The number of nitrogens with one attached hydrogen (secondary N) is 2. The lowest BCUT2D eigenvalue weighted by molar-refractivity contribution is -0.126. The van der Waals surface area contributed by atoms with Crippen LogP contribution in [-0.2, 0) is 4.79 Å². The van der Waals surface area contributed by atoms with Crippen molar-refractivity contribution in [2.45, 2.75) is 38.1 Å². The highest BCUT2D eigenvalue weighted by atomic mass is 16.2. The minimum absolute atomic E-state index is 0.135. The molecule has 4 nitrogen and oxygen atoms in total. The highest BCUT2D eigenvalue weighted by Gasteiger charge is 2.50. The lowest BCUT2D eigenvalue weighted by Crippen LogP contribution is -2.53. The molecule has 72 valence electrons. The molecule has 0 aromatic carbocycles. The van der Waals surface area contributed by atoms with Crippen molar-refractivity contribution < 1.29 is 9.59 Å². The molecule has 0 bridgehead atoms. The second kappa shape index (κ2) is 2.72. The monoisotopic (exact) mass is 182 g/mol. The lowest BCUT2D eigenvalue weighted by atomic mass is 9.74. The van der Waals surface area contributed by atoms with Gasteiger partial charge in [-0.25, -0.2) is 4.79 Å². The van der Waals surface area contributed by atoms with E-state index >= 15 is 0 Å². The Balaban J connectivity index is 2.26.